The van der Waals surface area contributed by atoms with Gasteiger partial charge in [0.2, 0.25) is 0 Å². The smallest absolute Gasteiger partial charge is 0.410 e. The zero-order valence-corrected chi connectivity index (χ0v) is 15.8. The molecule has 0 spiro atoms. The first-order valence-corrected chi connectivity index (χ1v) is 9.04. The molecular weight excluding hydrogens is 349 g/mol. The van der Waals surface area contributed by atoms with E-state index in [1.54, 1.807) is 23.2 Å². The predicted octanol–water partition coefficient (Wildman–Crippen LogP) is 4.07. The molecule has 6 nitrogen and oxygen atoms in total. The van der Waals surface area contributed by atoms with Crippen LogP contribution >= 0.6 is 0 Å². The second kappa shape index (κ2) is 7.50. The lowest BCUT2D eigenvalue weighted by Crippen LogP contribution is -2.42. The highest BCUT2D eigenvalue weighted by atomic mass is 19.1. The van der Waals surface area contributed by atoms with Gasteiger partial charge in [-0.1, -0.05) is 12.1 Å². The standard InChI is InChI=1S/C20H24FN3O3/c1-20(2,3)27-19(26)23-9-7-15(8-10-23)24-12-14(11-22-24)16-5-4-6-18(21)17(16)13-25/h4-6,11-13,15H,7-10H2,1-3H3. The Kier molecular flexibility index (Phi) is 5.30. The van der Waals surface area contributed by atoms with Crippen LogP contribution in [0.15, 0.2) is 30.6 Å². The molecule has 1 aromatic carbocycles. The number of rotatable bonds is 3. The van der Waals surface area contributed by atoms with Crippen molar-refractivity contribution in [2.24, 2.45) is 0 Å². The van der Waals surface area contributed by atoms with Gasteiger partial charge in [0, 0.05) is 24.8 Å². The number of hydrogen-bond acceptors (Lipinski definition) is 4. The minimum Gasteiger partial charge on any atom is -0.444 e. The molecule has 0 radical (unpaired) electrons. The summed E-state index contributed by atoms with van der Waals surface area (Å²) in [5.74, 6) is -0.541. The lowest BCUT2D eigenvalue weighted by molar-refractivity contribution is 0.0184. The van der Waals surface area contributed by atoms with E-state index in [1.807, 2.05) is 31.6 Å². The lowest BCUT2D eigenvalue weighted by Gasteiger charge is -2.33. The fraction of sp³-hybridized carbons (Fsp3) is 0.450. The average molecular weight is 373 g/mol. The van der Waals surface area contributed by atoms with Gasteiger partial charge in [0.05, 0.1) is 17.8 Å². The number of piperidine rings is 1. The van der Waals surface area contributed by atoms with E-state index in [2.05, 4.69) is 5.10 Å². The third-order valence-electron chi connectivity index (χ3n) is 4.57. The summed E-state index contributed by atoms with van der Waals surface area (Å²) in [5.41, 5.74) is 0.761. The highest BCUT2D eigenvalue weighted by Crippen LogP contribution is 2.28. The van der Waals surface area contributed by atoms with E-state index < -0.39 is 11.4 Å². The maximum absolute atomic E-state index is 13.8. The predicted molar refractivity (Wildman–Crippen MR) is 99.1 cm³/mol. The van der Waals surface area contributed by atoms with E-state index in [9.17, 15) is 14.0 Å². The zero-order valence-electron chi connectivity index (χ0n) is 15.8. The Morgan fingerprint density at radius 2 is 2.00 bits per heavy atom. The Hall–Kier alpha value is -2.70. The van der Waals surface area contributed by atoms with Crippen molar-refractivity contribution >= 4 is 12.4 Å². The molecule has 0 bridgehead atoms. The molecule has 3 rings (SSSR count). The van der Waals surface area contributed by atoms with E-state index in [-0.39, 0.29) is 17.7 Å². The lowest BCUT2D eigenvalue weighted by atomic mass is 10.0. The summed E-state index contributed by atoms with van der Waals surface area (Å²) in [6.07, 6.45) is 5.21. The van der Waals surface area contributed by atoms with E-state index in [0.717, 1.165) is 12.8 Å². The number of aldehydes is 1. The largest absolute Gasteiger partial charge is 0.444 e. The van der Waals surface area contributed by atoms with Crippen LogP contribution in [0.1, 0.15) is 50.0 Å². The van der Waals surface area contributed by atoms with Crippen molar-refractivity contribution in [3.63, 3.8) is 0 Å². The normalized spacial score (nSPS) is 15.6. The molecule has 2 heterocycles. The number of aromatic nitrogens is 2. The summed E-state index contributed by atoms with van der Waals surface area (Å²) in [4.78, 5) is 25.1. The van der Waals surface area contributed by atoms with Crippen molar-refractivity contribution < 1.29 is 18.7 Å². The Balaban J connectivity index is 1.68. The number of likely N-dealkylation sites (tertiary alicyclic amines) is 1. The molecule has 1 aliphatic rings. The van der Waals surface area contributed by atoms with E-state index in [0.29, 0.717) is 30.5 Å². The number of halogens is 1. The highest BCUT2D eigenvalue weighted by Gasteiger charge is 2.28. The third-order valence-corrected chi connectivity index (χ3v) is 4.57. The second-order valence-corrected chi connectivity index (χ2v) is 7.73. The average Bonchev–Trinajstić information content (AvgIpc) is 3.10. The summed E-state index contributed by atoms with van der Waals surface area (Å²) in [6.45, 7) is 6.73. The number of hydrogen-bond donors (Lipinski definition) is 0. The minimum absolute atomic E-state index is 0.0387. The van der Waals surface area contributed by atoms with Crippen molar-refractivity contribution in [3.05, 3.63) is 42.0 Å². The number of amides is 1. The molecule has 1 amide bonds. The van der Waals surface area contributed by atoms with E-state index in [4.69, 9.17) is 4.74 Å². The molecule has 1 aromatic heterocycles. The van der Waals surface area contributed by atoms with Gasteiger partial charge in [0.1, 0.15) is 11.4 Å². The second-order valence-electron chi connectivity index (χ2n) is 7.73. The Morgan fingerprint density at radius 3 is 2.63 bits per heavy atom. The quantitative estimate of drug-likeness (QED) is 0.761. The van der Waals surface area contributed by atoms with Gasteiger partial charge in [-0.25, -0.2) is 9.18 Å². The van der Waals surface area contributed by atoms with Crippen molar-refractivity contribution in [1.29, 1.82) is 0 Å². The Morgan fingerprint density at radius 1 is 1.30 bits per heavy atom. The first kappa shape index (κ1) is 19.1. The summed E-state index contributed by atoms with van der Waals surface area (Å²) in [7, 11) is 0. The van der Waals surface area contributed by atoms with Crippen molar-refractivity contribution in [3.8, 4) is 11.1 Å². The van der Waals surface area contributed by atoms with Gasteiger partial charge >= 0.3 is 6.09 Å². The van der Waals surface area contributed by atoms with Crippen LogP contribution in [0.25, 0.3) is 11.1 Å². The van der Waals surface area contributed by atoms with Gasteiger partial charge in [-0.2, -0.15) is 5.10 Å². The molecule has 2 aromatic rings. The van der Waals surface area contributed by atoms with E-state index >= 15 is 0 Å². The molecule has 0 aliphatic carbocycles. The van der Waals surface area contributed by atoms with Gasteiger partial charge in [-0.3, -0.25) is 9.48 Å². The molecule has 0 unspecified atom stereocenters. The topological polar surface area (TPSA) is 64.4 Å². The molecule has 0 saturated carbocycles. The number of ether oxygens (including phenoxy) is 1. The van der Waals surface area contributed by atoms with Crippen LogP contribution in [0, 0.1) is 5.82 Å². The number of carbonyl (C=O) groups excluding carboxylic acids is 2. The van der Waals surface area contributed by atoms with Gasteiger partial charge < -0.3 is 9.64 Å². The van der Waals surface area contributed by atoms with Gasteiger partial charge in [-0.05, 0) is 45.2 Å². The minimum atomic E-state index is -0.541. The first-order valence-electron chi connectivity index (χ1n) is 9.04. The fourth-order valence-electron chi connectivity index (χ4n) is 3.22. The summed E-state index contributed by atoms with van der Waals surface area (Å²) in [5, 5.41) is 4.39. The number of nitrogens with zero attached hydrogens (tertiary/aromatic N) is 3. The molecular formula is C20H24FN3O3. The molecule has 0 N–H and O–H groups in total. The molecule has 1 aliphatic heterocycles. The molecule has 1 fully saturated rings. The van der Waals surface area contributed by atoms with E-state index in [1.165, 1.54) is 6.07 Å². The SMILES string of the molecule is CC(C)(C)OC(=O)N1CCC(n2cc(-c3cccc(F)c3C=O)cn2)CC1. The van der Waals surface area contributed by atoms with Crippen LogP contribution in [-0.4, -0.2) is 45.8 Å². The molecule has 1 saturated heterocycles. The van der Waals surface area contributed by atoms with Crippen molar-refractivity contribution in [1.82, 2.24) is 14.7 Å². The van der Waals surface area contributed by atoms with Gasteiger partial charge in [-0.15, -0.1) is 0 Å². The summed E-state index contributed by atoms with van der Waals surface area (Å²) in [6, 6.07) is 4.70. The van der Waals surface area contributed by atoms with Crippen LogP contribution in [0.3, 0.4) is 0 Å². The van der Waals surface area contributed by atoms with Crippen LogP contribution < -0.4 is 0 Å². The van der Waals surface area contributed by atoms with Crippen LogP contribution in [0.2, 0.25) is 0 Å². The van der Waals surface area contributed by atoms with Gasteiger partial charge in [0.15, 0.2) is 6.29 Å². The summed E-state index contributed by atoms with van der Waals surface area (Å²) < 4.78 is 21.1. The third kappa shape index (κ3) is 4.35. The molecule has 27 heavy (non-hydrogen) atoms. The molecule has 7 heteroatoms. The Bertz CT molecular complexity index is 833. The summed E-state index contributed by atoms with van der Waals surface area (Å²) >= 11 is 0. The van der Waals surface area contributed by atoms with Crippen molar-refractivity contribution in [2.75, 3.05) is 13.1 Å². The Labute approximate surface area is 157 Å². The fourth-order valence-corrected chi connectivity index (χ4v) is 3.22. The molecule has 144 valence electrons. The number of carbonyl (C=O) groups is 2. The molecule has 0 atom stereocenters. The zero-order chi connectivity index (χ0) is 19.6. The highest BCUT2D eigenvalue weighted by molar-refractivity contribution is 5.87. The maximum atomic E-state index is 13.8. The van der Waals surface area contributed by atoms with Crippen LogP contribution in [-0.2, 0) is 4.74 Å². The maximum Gasteiger partial charge on any atom is 0.410 e. The van der Waals surface area contributed by atoms with Crippen molar-refractivity contribution in [2.45, 2.75) is 45.3 Å². The monoisotopic (exact) mass is 373 g/mol. The first-order chi connectivity index (χ1) is 12.8. The van der Waals surface area contributed by atoms with Gasteiger partial charge in [0.25, 0.3) is 0 Å². The number of benzene rings is 1. The van der Waals surface area contributed by atoms with Crippen LogP contribution in [0.5, 0.6) is 0 Å². The van der Waals surface area contributed by atoms with Crippen LogP contribution in [0.4, 0.5) is 9.18 Å².